The third-order valence-corrected chi connectivity index (χ3v) is 2.94. The van der Waals surface area contributed by atoms with Gasteiger partial charge in [0.1, 0.15) is 5.66 Å². The molecule has 0 aromatic carbocycles. The van der Waals surface area contributed by atoms with Crippen molar-refractivity contribution < 1.29 is 0 Å². The zero-order valence-electron chi connectivity index (χ0n) is 9.57. The van der Waals surface area contributed by atoms with Crippen LogP contribution >= 0.6 is 0 Å². The number of hydrogen-bond acceptors (Lipinski definition) is 4. The smallest absolute Gasteiger partial charge is 0.108 e. The quantitative estimate of drug-likeness (QED) is 0.486. The molecule has 0 amide bonds. The van der Waals surface area contributed by atoms with Crippen LogP contribution in [0.25, 0.3) is 0 Å². The Kier molecular flexibility index (Phi) is 2.58. The van der Waals surface area contributed by atoms with E-state index in [1.165, 1.54) is 0 Å². The Morgan fingerprint density at radius 2 is 1.93 bits per heavy atom. The predicted octanol–water partition coefficient (Wildman–Crippen LogP) is 1.57. The molecule has 0 fully saturated rings. The lowest BCUT2D eigenvalue weighted by Crippen LogP contribution is -2.49. The SMILES string of the molecule is C=N/N=C/C1=NC(C)(C)N(C)C1(C)C. The highest BCUT2D eigenvalue weighted by Crippen LogP contribution is 2.32. The first kappa shape index (κ1) is 11.0. The lowest BCUT2D eigenvalue weighted by Gasteiger charge is -2.35. The summed E-state index contributed by atoms with van der Waals surface area (Å²) in [5, 5.41) is 7.24. The zero-order chi connectivity index (χ0) is 11.0. The van der Waals surface area contributed by atoms with E-state index in [1.807, 2.05) is 0 Å². The zero-order valence-corrected chi connectivity index (χ0v) is 9.57. The third-order valence-electron chi connectivity index (χ3n) is 2.94. The molecule has 1 rings (SSSR count). The molecule has 4 nitrogen and oxygen atoms in total. The summed E-state index contributed by atoms with van der Waals surface area (Å²) >= 11 is 0. The molecular weight excluding hydrogens is 176 g/mol. The van der Waals surface area contributed by atoms with Gasteiger partial charge in [-0.15, -0.1) is 0 Å². The van der Waals surface area contributed by atoms with Gasteiger partial charge >= 0.3 is 0 Å². The van der Waals surface area contributed by atoms with E-state index in [9.17, 15) is 0 Å². The van der Waals surface area contributed by atoms with Crippen LogP contribution in [0, 0.1) is 0 Å². The molecule has 14 heavy (non-hydrogen) atoms. The van der Waals surface area contributed by atoms with E-state index in [0.29, 0.717) is 0 Å². The number of nitrogens with zero attached hydrogens (tertiary/aromatic N) is 4. The van der Waals surface area contributed by atoms with Crippen LogP contribution in [0.3, 0.4) is 0 Å². The Bertz CT molecular complexity index is 299. The maximum Gasteiger partial charge on any atom is 0.108 e. The Labute approximate surface area is 85.4 Å². The third kappa shape index (κ3) is 1.62. The highest BCUT2D eigenvalue weighted by molar-refractivity contribution is 6.35. The molecule has 0 radical (unpaired) electrons. The topological polar surface area (TPSA) is 40.3 Å². The number of aliphatic imine (C=N–C) groups is 1. The molecule has 0 bridgehead atoms. The largest absolute Gasteiger partial charge is 0.272 e. The average molecular weight is 194 g/mol. The van der Waals surface area contributed by atoms with Crippen LogP contribution in [0.2, 0.25) is 0 Å². The highest BCUT2D eigenvalue weighted by Gasteiger charge is 2.44. The van der Waals surface area contributed by atoms with E-state index in [-0.39, 0.29) is 11.2 Å². The minimum atomic E-state index is -0.175. The summed E-state index contributed by atoms with van der Waals surface area (Å²) in [5.74, 6) is 0. The Morgan fingerprint density at radius 3 is 2.29 bits per heavy atom. The lowest BCUT2D eigenvalue weighted by atomic mass is 9.98. The van der Waals surface area contributed by atoms with E-state index in [4.69, 9.17) is 0 Å². The van der Waals surface area contributed by atoms with Crippen molar-refractivity contribution in [2.75, 3.05) is 7.05 Å². The van der Waals surface area contributed by atoms with Crippen LogP contribution in [-0.2, 0) is 0 Å². The summed E-state index contributed by atoms with van der Waals surface area (Å²) in [4.78, 5) is 6.81. The van der Waals surface area contributed by atoms with Gasteiger partial charge in [0, 0.05) is 6.72 Å². The Balaban J connectivity index is 3.06. The molecule has 0 spiro atoms. The van der Waals surface area contributed by atoms with Gasteiger partial charge < -0.3 is 0 Å². The summed E-state index contributed by atoms with van der Waals surface area (Å²) in [6, 6.07) is 0. The van der Waals surface area contributed by atoms with Crippen molar-refractivity contribution in [3.05, 3.63) is 0 Å². The maximum absolute atomic E-state index is 4.60. The minimum Gasteiger partial charge on any atom is -0.272 e. The Hall–Kier alpha value is -1.03. The van der Waals surface area contributed by atoms with Gasteiger partial charge in [-0.2, -0.15) is 10.2 Å². The average Bonchev–Trinajstić information content (AvgIpc) is 2.23. The molecule has 0 aliphatic carbocycles. The van der Waals surface area contributed by atoms with Gasteiger partial charge in [0.2, 0.25) is 0 Å². The van der Waals surface area contributed by atoms with Crippen molar-refractivity contribution in [1.29, 1.82) is 0 Å². The molecule has 0 aromatic rings. The molecule has 0 N–H and O–H groups in total. The van der Waals surface area contributed by atoms with Gasteiger partial charge in [-0.1, -0.05) is 0 Å². The molecule has 0 saturated heterocycles. The molecule has 1 aliphatic rings. The molecule has 4 heteroatoms. The van der Waals surface area contributed by atoms with Crippen LogP contribution in [0.4, 0.5) is 0 Å². The van der Waals surface area contributed by atoms with E-state index < -0.39 is 0 Å². The van der Waals surface area contributed by atoms with Gasteiger partial charge in [0.25, 0.3) is 0 Å². The fourth-order valence-corrected chi connectivity index (χ4v) is 1.64. The number of hydrogen-bond donors (Lipinski definition) is 0. The molecule has 0 unspecified atom stereocenters. The van der Waals surface area contributed by atoms with Crippen molar-refractivity contribution in [2.45, 2.75) is 38.9 Å². The molecule has 0 atom stereocenters. The maximum atomic E-state index is 4.60. The van der Waals surface area contributed by atoms with Crippen molar-refractivity contribution in [3.63, 3.8) is 0 Å². The monoisotopic (exact) mass is 194 g/mol. The normalized spacial score (nSPS) is 25.4. The first-order chi connectivity index (χ1) is 6.32. The molecule has 0 saturated carbocycles. The second-order valence-electron chi connectivity index (χ2n) is 4.50. The van der Waals surface area contributed by atoms with Gasteiger partial charge in [-0.25, -0.2) is 0 Å². The summed E-state index contributed by atoms with van der Waals surface area (Å²) < 4.78 is 0. The van der Waals surface area contributed by atoms with Gasteiger partial charge in [0.15, 0.2) is 0 Å². The van der Waals surface area contributed by atoms with E-state index in [2.05, 4.69) is 61.6 Å². The van der Waals surface area contributed by atoms with Gasteiger partial charge in [-0.05, 0) is 34.7 Å². The summed E-state index contributed by atoms with van der Waals surface area (Å²) in [6.07, 6.45) is 1.68. The second kappa shape index (κ2) is 3.28. The van der Waals surface area contributed by atoms with Crippen LogP contribution < -0.4 is 0 Å². The van der Waals surface area contributed by atoms with Crippen LogP contribution in [0.5, 0.6) is 0 Å². The lowest BCUT2D eigenvalue weighted by molar-refractivity contribution is 0.121. The van der Waals surface area contributed by atoms with E-state index in [1.54, 1.807) is 6.21 Å². The first-order valence-electron chi connectivity index (χ1n) is 4.65. The minimum absolute atomic E-state index is 0.0995. The van der Waals surface area contributed by atoms with Crippen LogP contribution in [0.1, 0.15) is 27.7 Å². The highest BCUT2D eigenvalue weighted by atomic mass is 15.4. The number of rotatable bonds is 2. The van der Waals surface area contributed by atoms with Crippen LogP contribution in [0.15, 0.2) is 15.2 Å². The van der Waals surface area contributed by atoms with Crippen molar-refractivity contribution in [1.82, 2.24) is 4.90 Å². The molecule has 0 aromatic heterocycles. The summed E-state index contributed by atoms with van der Waals surface area (Å²) in [5.41, 5.74) is 0.668. The fourth-order valence-electron chi connectivity index (χ4n) is 1.64. The molecular formula is C10H18N4. The summed E-state index contributed by atoms with van der Waals surface area (Å²) in [7, 11) is 2.06. The fraction of sp³-hybridized carbons (Fsp3) is 0.700. The van der Waals surface area contributed by atoms with E-state index >= 15 is 0 Å². The van der Waals surface area contributed by atoms with Crippen molar-refractivity contribution in [2.24, 2.45) is 15.2 Å². The first-order valence-corrected chi connectivity index (χ1v) is 4.65. The molecule has 1 heterocycles. The summed E-state index contributed by atoms with van der Waals surface area (Å²) in [6.45, 7) is 11.7. The van der Waals surface area contributed by atoms with E-state index in [0.717, 1.165) is 5.71 Å². The van der Waals surface area contributed by atoms with Gasteiger partial charge in [-0.3, -0.25) is 9.89 Å². The second-order valence-corrected chi connectivity index (χ2v) is 4.50. The predicted molar refractivity (Wildman–Crippen MR) is 61.4 cm³/mol. The molecule has 1 aliphatic heterocycles. The molecule has 78 valence electrons. The van der Waals surface area contributed by atoms with Crippen molar-refractivity contribution >= 4 is 18.6 Å². The Morgan fingerprint density at radius 1 is 1.36 bits per heavy atom. The van der Waals surface area contributed by atoms with Crippen molar-refractivity contribution in [3.8, 4) is 0 Å². The van der Waals surface area contributed by atoms with Crippen LogP contribution in [-0.4, -0.2) is 41.8 Å². The van der Waals surface area contributed by atoms with Gasteiger partial charge in [0.05, 0.1) is 17.5 Å². The standard InChI is InChI=1S/C10H18N4/c1-9(2)8(7-12-11-5)13-10(3,4)14(9)6/h7H,5H2,1-4,6H3/b12-7+.